The highest BCUT2D eigenvalue weighted by Crippen LogP contribution is 2.28. The number of rotatable bonds is 4. The van der Waals surface area contributed by atoms with E-state index in [2.05, 4.69) is 28.8 Å². The third-order valence-corrected chi connectivity index (χ3v) is 4.71. The van der Waals surface area contributed by atoms with Crippen LogP contribution in [0.5, 0.6) is 0 Å². The van der Waals surface area contributed by atoms with Crippen molar-refractivity contribution in [3.8, 4) is 11.1 Å². The molecular formula is C25H30F2N2O. The molecule has 0 saturated carbocycles. The molecule has 0 unspecified atom stereocenters. The Balaban J connectivity index is 0.000000215. The average Bonchev–Trinajstić information content (AvgIpc) is 2.81. The monoisotopic (exact) mass is 412 g/mol. The zero-order valence-electron chi connectivity index (χ0n) is 17.6. The van der Waals surface area contributed by atoms with Crippen LogP contribution in [0.2, 0.25) is 0 Å². The van der Waals surface area contributed by atoms with E-state index in [9.17, 15) is 8.78 Å². The first-order valence-corrected chi connectivity index (χ1v) is 10.2. The van der Waals surface area contributed by atoms with Gasteiger partial charge >= 0.3 is 0 Å². The molecular weight excluding hydrogens is 382 g/mol. The number of aliphatic hydroxyl groups is 1. The lowest BCUT2D eigenvalue weighted by Gasteiger charge is -2.18. The molecule has 3 aromatic rings. The van der Waals surface area contributed by atoms with Gasteiger partial charge in [0.15, 0.2) is 0 Å². The number of nitrogens with one attached hydrogen (secondary N) is 2. The Morgan fingerprint density at radius 2 is 1.47 bits per heavy atom. The third kappa shape index (κ3) is 7.25. The molecule has 0 aliphatic carbocycles. The summed E-state index contributed by atoms with van der Waals surface area (Å²) in [4.78, 5) is 0. The maximum atomic E-state index is 12.9. The number of aryl methyl sites for hydroxylation is 1. The van der Waals surface area contributed by atoms with E-state index in [0.29, 0.717) is 0 Å². The number of aliphatic hydroxyl groups excluding tert-OH is 1. The second kappa shape index (κ2) is 12.7. The van der Waals surface area contributed by atoms with Gasteiger partial charge in [0.2, 0.25) is 0 Å². The van der Waals surface area contributed by atoms with E-state index in [-0.39, 0.29) is 11.6 Å². The predicted octanol–water partition coefficient (Wildman–Crippen LogP) is 5.39. The molecule has 0 amide bonds. The molecule has 0 bridgehead atoms. The molecule has 30 heavy (non-hydrogen) atoms. The largest absolute Gasteiger partial charge is 0.400 e. The minimum Gasteiger partial charge on any atom is -0.400 e. The predicted molar refractivity (Wildman–Crippen MR) is 121 cm³/mol. The van der Waals surface area contributed by atoms with Crippen LogP contribution in [0.1, 0.15) is 24.5 Å². The molecule has 160 valence electrons. The van der Waals surface area contributed by atoms with Crippen molar-refractivity contribution in [3.05, 3.63) is 89.5 Å². The van der Waals surface area contributed by atoms with Crippen molar-refractivity contribution in [2.24, 2.45) is 0 Å². The van der Waals surface area contributed by atoms with E-state index in [1.165, 1.54) is 41.9 Å². The van der Waals surface area contributed by atoms with Gasteiger partial charge in [-0.15, -0.1) is 0 Å². The van der Waals surface area contributed by atoms with Crippen molar-refractivity contribution in [2.45, 2.75) is 26.3 Å². The van der Waals surface area contributed by atoms with Gasteiger partial charge in [0, 0.05) is 25.9 Å². The number of anilines is 1. The van der Waals surface area contributed by atoms with Crippen LogP contribution < -0.4 is 10.6 Å². The minimum absolute atomic E-state index is 0.176. The smallest absolute Gasteiger partial charge is 0.123 e. The molecule has 3 nitrogen and oxygen atoms in total. The second-order valence-corrected chi connectivity index (χ2v) is 6.82. The normalized spacial score (nSPS) is 11.8. The minimum atomic E-state index is -0.187. The topological polar surface area (TPSA) is 44.3 Å². The van der Waals surface area contributed by atoms with E-state index in [4.69, 9.17) is 5.11 Å². The summed E-state index contributed by atoms with van der Waals surface area (Å²) in [5.74, 6) is -0.362. The molecule has 0 atom stereocenters. The first-order valence-electron chi connectivity index (χ1n) is 10.2. The Bertz CT molecular complexity index is 881. The number of fused-ring (bicyclic) bond motifs is 1. The fourth-order valence-corrected chi connectivity index (χ4v) is 3.17. The lowest BCUT2D eigenvalue weighted by molar-refractivity contribution is 0.399. The Kier molecular flexibility index (Phi) is 9.98. The van der Waals surface area contributed by atoms with Crippen molar-refractivity contribution in [2.75, 3.05) is 25.5 Å². The fraction of sp³-hybridized carbons (Fsp3) is 0.280. The Morgan fingerprint density at radius 1 is 0.867 bits per heavy atom. The van der Waals surface area contributed by atoms with Crippen molar-refractivity contribution in [1.82, 2.24) is 5.32 Å². The van der Waals surface area contributed by atoms with Crippen LogP contribution in [-0.4, -0.2) is 25.3 Å². The van der Waals surface area contributed by atoms with E-state index >= 15 is 0 Å². The van der Waals surface area contributed by atoms with E-state index in [1.54, 1.807) is 12.1 Å². The molecule has 3 N–H and O–H groups in total. The summed E-state index contributed by atoms with van der Waals surface area (Å²) in [5, 5.41) is 13.6. The highest BCUT2D eigenvalue weighted by atomic mass is 19.1. The molecule has 1 aliphatic heterocycles. The zero-order valence-corrected chi connectivity index (χ0v) is 17.6. The van der Waals surface area contributed by atoms with Crippen LogP contribution >= 0.6 is 0 Å². The summed E-state index contributed by atoms with van der Waals surface area (Å²) in [5.41, 5.74) is 5.95. The molecule has 0 fully saturated rings. The standard InChI is InChI=1S/C15H14FN.C9H12FN.CH4O/c16-14-6-3-11(4-7-14)12-5-8-15-13(10-12)2-1-9-17-15;1-2-11-7-8-3-5-9(10)6-4-8;1-2/h3-8,10,17H,1-2,9H2;3-6,11H,2,7H2,1H3;2H,1H3. The maximum Gasteiger partial charge on any atom is 0.123 e. The molecule has 3 aromatic carbocycles. The van der Waals surface area contributed by atoms with Crippen LogP contribution in [0.15, 0.2) is 66.7 Å². The van der Waals surface area contributed by atoms with E-state index in [1.807, 2.05) is 19.1 Å². The summed E-state index contributed by atoms with van der Waals surface area (Å²) in [6.45, 7) is 4.86. The average molecular weight is 413 g/mol. The van der Waals surface area contributed by atoms with Gasteiger partial charge in [0.1, 0.15) is 11.6 Å². The van der Waals surface area contributed by atoms with Crippen LogP contribution in [0.3, 0.4) is 0 Å². The molecule has 1 heterocycles. The van der Waals surface area contributed by atoms with Crippen LogP contribution in [0.25, 0.3) is 11.1 Å². The molecule has 0 aromatic heterocycles. The molecule has 0 radical (unpaired) electrons. The number of benzene rings is 3. The summed E-state index contributed by atoms with van der Waals surface area (Å²) in [7, 11) is 1.00. The van der Waals surface area contributed by atoms with E-state index < -0.39 is 0 Å². The Hall–Kier alpha value is -2.76. The first-order chi connectivity index (χ1) is 14.7. The summed E-state index contributed by atoms with van der Waals surface area (Å²) >= 11 is 0. The molecule has 0 spiro atoms. The lowest BCUT2D eigenvalue weighted by atomic mass is 9.97. The van der Waals surface area contributed by atoms with Crippen molar-refractivity contribution >= 4 is 5.69 Å². The van der Waals surface area contributed by atoms with Crippen LogP contribution in [-0.2, 0) is 13.0 Å². The number of halogens is 2. The second-order valence-electron chi connectivity index (χ2n) is 6.82. The third-order valence-electron chi connectivity index (χ3n) is 4.71. The van der Waals surface area contributed by atoms with Gasteiger partial charge in [-0.2, -0.15) is 0 Å². The lowest BCUT2D eigenvalue weighted by Crippen LogP contribution is -2.11. The number of hydrogen-bond donors (Lipinski definition) is 3. The van der Waals surface area contributed by atoms with Crippen LogP contribution in [0, 0.1) is 11.6 Å². The summed E-state index contributed by atoms with van der Waals surface area (Å²) in [6, 6.07) is 19.6. The maximum absolute atomic E-state index is 12.9. The Labute approximate surface area is 177 Å². The quantitative estimate of drug-likeness (QED) is 0.538. The van der Waals surface area contributed by atoms with E-state index in [0.717, 1.165) is 49.9 Å². The highest BCUT2D eigenvalue weighted by Gasteiger charge is 2.09. The van der Waals surface area contributed by atoms with Crippen molar-refractivity contribution in [1.29, 1.82) is 0 Å². The van der Waals surface area contributed by atoms with Crippen molar-refractivity contribution < 1.29 is 13.9 Å². The molecule has 4 rings (SSSR count). The van der Waals surface area contributed by atoms with Gasteiger partial charge in [-0.25, -0.2) is 8.78 Å². The number of hydrogen-bond acceptors (Lipinski definition) is 3. The molecule has 0 saturated heterocycles. The van der Waals surface area contributed by atoms with Crippen LogP contribution in [0.4, 0.5) is 14.5 Å². The zero-order chi connectivity index (χ0) is 21.8. The van der Waals surface area contributed by atoms with Gasteiger partial charge in [0.05, 0.1) is 0 Å². The van der Waals surface area contributed by atoms with Gasteiger partial charge in [-0.1, -0.05) is 37.3 Å². The fourth-order valence-electron chi connectivity index (χ4n) is 3.17. The van der Waals surface area contributed by atoms with Gasteiger partial charge < -0.3 is 15.7 Å². The SMILES string of the molecule is CCNCc1ccc(F)cc1.CO.Fc1ccc(-c2ccc3c(c2)CCCN3)cc1. The van der Waals surface area contributed by atoms with Gasteiger partial charge in [0.25, 0.3) is 0 Å². The summed E-state index contributed by atoms with van der Waals surface area (Å²) in [6.07, 6.45) is 2.30. The molecule has 1 aliphatic rings. The highest BCUT2D eigenvalue weighted by molar-refractivity contribution is 5.69. The Morgan fingerprint density at radius 3 is 2.10 bits per heavy atom. The van der Waals surface area contributed by atoms with Gasteiger partial charge in [-0.05, 0) is 78.0 Å². The van der Waals surface area contributed by atoms with Gasteiger partial charge in [-0.3, -0.25) is 0 Å². The first kappa shape index (κ1) is 23.5. The van der Waals surface area contributed by atoms with Crippen molar-refractivity contribution in [3.63, 3.8) is 0 Å². The molecule has 5 heteroatoms. The summed E-state index contributed by atoms with van der Waals surface area (Å²) < 4.78 is 25.3.